The zero-order chi connectivity index (χ0) is 12.8. The van der Waals surface area contributed by atoms with Crippen LogP contribution in [-0.2, 0) is 4.79 Å². The zero-order valence-electron chi connectivity index (χ0n) is 10.00. The fourth-order valence-electron chi connectivity index (χ4n) is 1.31. The maximum absolute atomic E-state index is 11.3. The van der Waals surface area contributed by atoms with E-state index >= 15 is 0 Å². The van der Waals surface area contributed by atoms with Crippen LogP contribution < -0.4 is 11.1 Å². The van der Waals surface area contributed by atoms with Gasteiger partial charge < -0.3 is 11.1 Å². The SMILES string of the molecule is CCNC(=O)CSc1ccc([C@H](C)N)cc1Cl. The molecule has 1 amide bonds. The van der Waals surface area contributed by atoms with Gasteiger partial charge in [0, 0.05) is 17.5 Å². The van der Waals surface area contributed by atoms with E-state index in [1.165, 1.54) is 11.8 Å². The second-order valence-corrected chi connectivity index (χ2v) is 5.15. The summed E-state index contributed by atoms with van der Waals surface area (Å²) in [4.78, 5) is 12.2. The highest BCUT2D eigenvalue weighted by atomic mass is 35.5. The summed E-state index contributed by atoms with van der Waals surface area (Å²) < 4.78 is 0. The van der Waals surface area contributed by atoms with Gasteiger partial charge in [0.1, 0.15) is 0 Å². The van der Waals surface area contributed by atoms with Crippen molar-refractivity contribution in [2.75, 3.05) is 12.3 Å². The van der Waals surface area contributed by atoms with Crippen LogP contribution in [0.15, 0.2) is 23.1 Å². The molecule has 0 aliphatic heterocycles. The molecular weight excluding hydrogens is 256 g/mol. The Hall–Kier alpha value is -0.710. The Kier molecular flexibility index (Phi) is 5.82. The topological polar surface area (TPSA) is 55.1 Å². The Morgan fingerprint density at radius 3 is 2.82 bits per heavy atom. The summed E-state index contributed by atoms with van der Waals surface area (Å²) in [5, 5.41) is 3.39. The van der Waals surface area contributed by atoms with Crippen molar-refractivity contribution >= 4 is 29.3 Å². The Bertz CT molecular complexity index is 396. The Morgan fingerprint density at radius 2 is 2.29 bits per heavy atom. The number of rotatable bonds is 5. The van der Waals surface area contributed by atoms with Crippen molar-refractivity contribution in [3.8, 4) is 0 Å². The molecule has 0 spiro atoms. The Labute approximate surface area is 111 Å². The number of amides is 1. The molecule has 0 aromatic heterocycles. The van der Waals surface area contributed by atoms with Crippen molar-refractivity contribution in [3.05, 3.63) is 28.8 Å². The molecule has 0 saturated heterocycles. The Balaban J connectivity index is 2.63. The second-order valence-electron chi connectivity index (χ2n) is 3.72. The van der Waals surface area contributed by atoms with Gasteiger partial charge in [-0.25, -0.2) is 0 Å². The molecule has 3 N–H and O–H groups in total. The number of nitrogens with two attached hydrogens (primary N) is 1. The fourth-order valence-corrected chi connectivity index (χ4v) is 2.41. The van der Waals surface area contributed by atoms with Crippen molar-refractivity contribution in [2.24, 2.45) is 5.73 Å². The van der Waals surface area contributed by atoms with Gasteiger partial charge in [0.25, 0.3) is 0 Å². The highest BCUT2D eigenvalue weighted by Crippen LogP contribution is 2.29. The van der Waals surface area contributed by atoms with Gasteiger partial charge in [-0.05, 0) is 31.5 Å². The second kappa shape index (κ2) is 6.89. The first-order valence-corrected chi connectivity index (χ1v) is 6.85. The molecule has 0 heterocycles. The van der Waals surface area contributed by atoms with E-state index < -0.39 is 0 Å². The minimum atomic E-state index is -0.0325. The van der Waals surface area contributed by atoms with Gasteiger partial charge in [0.15, 0.2) is 0 Å². The van der Waals surface area contributed by atoms with Crippen LogP contribution in [0.3, 0.4) is 0 Å². The lowest BCUT2D eigenvalue weighted by atomic mass is 10.1. The lowest BCUT2D eigenvalue weighted by molar-refractivity contribution is -0.118. The average Bonchev–Trinajstić information content (AvgIpc) is 2.27. The van der Waals surface area contributed by atoms with Crippen molar-refractivity contribution < 1.29 is 4.79 Å². The van der Waals surface area contributed by atoms with Gasteiger partial charge >= 0.3 is 0 Å². The van der Waals surface area contributed by atoms with Crippen LogP contribution in [0.5, 0.6) is 0 Å². The largest absolute Gasteiger partial charge is 0.356 e. The van der Waals surface area contributed by atoms with Gasteiger partial charge in [-0.1, -0.05) is 17.7 Å². The van der Waals surface area contributed by atoms with E-state index in [-0.39, 0.29) is 11.9 Å². The first kappa shape index (κ1) is 14.4. The maximum atomic E-state index is 11.3. The Morgan fingerprint density at radius 1 is 1.59 bits per heavy atom. The lowest BCUT2D eigenvalue weighted by Crippen LogP contribution is -2.24. The smallest absolute Gasteiger partial charge is 0.230 e. The summed E-state index contributed by atoms with van der Waals surface area (Å²) in [6.45, 7) is 4.46. The van der Waals surface area contributed by atoms with Crippen LogP contribution in [0, 0.1) is 0 Å². The third-order valence-electron chi connectivity index (χ3n) is 2.21. The molecule has 0 radical (unpaired) electrons. The molecule has 0 bridgehead atoms. The maximum Gasteiger partial charge on any atom is 0.230 e. The number of hydrogen-bond donors (Lipinski definition) is 2. The molecule has 3 nitrogen and oxygen atoms in total. The minimum absolute atomic E-state index is 0.0184. The summed E-state index contributed by atoms with van der Waals surface area (Å²) in [7, 11) is 0. The molecule has 1 aromatic carbocycles. The van der Waals surface area contributed by atoms with Crippen LogP contribution >= 0.6 is 23.4 Å². The molecule has 94 valence electrons. The van der Waals surface area contributed by atoms with Gasteiger partial charge in [-0.15, -0.1) is 11.8 Å². The molecule has 1 rings (SSSR count). The summed E-state index contributed by atoms with van der Waals surface area (Å²) in [6.07, 6.45) is 0. The van der Waals surface area contributed by atoms with Crippen molar-refractivity contribution in [1.29, 1.82) is 0 Å². The molecule has 1 atom stereocenters. The van der Waals surface area contributed by atoms with Crippen molar-refractivity contribution in [3.63, 3.8) is 0 Å². The lowest BCUT2D eigenvalue weighted by Gasteiger charge is -2.09. The summed E-state index contributed by atoms with van der Waals surface area (Å²) in [5.41, 5.74) is 6.76. The molecule has 0 aliphatic rings. The van der Waals surface area contributed by atoms with Gasteiger partial charge in [0.05, 0.1) is 10.8 Å². The highest BCUT2D eigenvalue weighted by molar-refractivity contribution is 8.00. The van der Waals surface area contributed by atoms with E-state index in [9.17, 15) is 4.79 Å². The third kappa shape index (κ3) is 4.58. The molecule has 0 fully saturated rings. The minimum Gasteiger partial charge on any atom is -0.356 e. The van der Waals surface area contributed by atoms with E-state index in [2.05, 4.69) is 5.32 Å². The van der Waals surface area contributed by atoms with Crippen molar-refractivity contribution in [2.45, 2.75) is 24.8 Å². The summed E-state index contributed by atoms with van der Waals surface area (Å²) in [6, 6.07) is 5.67. The average molecular weight is 273 g/mol. The molecule has 17 heavy (non-hydrogen) atoms. The van der Waals surface area contributed by atoms with E-state index in [1.807, 2.05) is 32.0 Å². The van der Waals surface area contributed by atoms with Crippen LogP contribution in [-0.4, -0.2) is 18.2 Å². The van der Waals surface area contributed by atoms with Crippen LogP contribution in [0.2, 0.25) is 5.02 Å². The predicted molar refractivity (Wildman–Crippen MR) is 73.5 cm³/mol. The normalized spacial score (nSPS) is 12.2. The summed E-state index contributed by atoms with van der Waals surface area (Å²) in [5.74, 6) is 0.398. The van der Waals surface area contributed by atoms with E-state index in [4.69, 9.17) is 17.3 Å². The van der Waals surface area contributed by atoms with Gasteiger partial charge in [-0.3, -0.25) is 4.79 Å². The first-order chi connectivity index (χ1) is 8.04. The van der Waals surface area contributed by atoms with Gasteiger partial charge in [0.2, 0.25) is 5.91 Å². The van der Waals surface area contributed by atoms with Crippen LogP contribution in [0.4, 0.5) is 0 Å². The molecule has 5 heteroatoms. The highest BCUT2D eigenvalue weighted by Gasteiger charge is 2.07. The van der Waals surface area contributed by atoms with E-state index in [1.54, 1.807) is 0 Å². The van der Waals surface area contributed by atoms with Crippen LogP contribution in [0.25, 0.3) is 0 Å². The third-order valence-corrected chi connectivity index (χ3v) is 3.71. The molecule has 0 saturated carbocycles. The quantitative estimate of drug-likeness (QED) is 0.810. The molecule has 0 aliphatic carbocycles. The number of carbonyl (C=O) groups excluding carboxylic acids is 1. The standard InChI is InChI=1S/C12H17ClN2OS/c1-3-15-12(16)7-17-11-5-4-9(8(2)14)6-10(11)13/h4-6,8H,3,7,14H2,1-2H3,(H,15,16)/t8-/m0/s1. The number of thioether (sulfide) groups is 1. The fraction of sp³-hybridized carbons (Fsp3) is 0.417. The number of halogens is 1. The monoisotopic (exact) mass is 272 g/mol. The van der Waals surface area contributed by atoms with Crippen molar-refractivity contribution in [1.82, 2.24) is 5.32 Å². The predicted octanol–water partition coefficient (Wildman–Crippen LogP) is 2.59. The number of carbonyl (C=O) groups is 1. The molecular formula is C12H17ClN2OS. The van der Waals surface area contributed by atoms with Crippen LogP contribution in [0.1, 0.15) is 25.5 Å². The number of nitrogens with one attached hydrogen (secondary N) is 1. The van der Waals surface area contributed by atoms with E-state index in [0.29, 0.717) is 17.3 Å². The molecule has 0 unspecified atom stereocenters. The first-order valence-electron chi connectivity index (χ1n) is 5.49. The number of hydrogen-bond acceptors (Lipinski definition) is 3. The molecule has 1 aromatic rings. The zero-order valence-corrected chi connectivity index (χ0v) is 11.6. The van der Waals surface area contributed by atoms with Gasteiger partial charge in [-0.2, -0.15) is 0 Å². The van der Waals surface area contributed by atoms with E-state index in [0.717, 1.165) is 10.5 Å². The summed E-state index contributed by atoms with van der Waals surface area (Å²) >= 11 is 7.56. The number of benzene rings is 1.